The first-order chi connectivity index (χ1) is 10.3. The van der Waals surface area contributed by atoms with Gasteiger partial charge in [0.1, 0.15) is 0 Å². The Balaban J connectivity index is 2.41. The third-order valence-corrected chi connectivity index (χ3v) is 3.73. The lowest BCUT2D eigenvalue weighted by Gasteiger charge is -2.18. The van der Waals surface area contributed by atoms with Gasteiger partial charge < -0.3 is 14.8 Å². The molecule has 1 aromatic rings. The van der Waals surface area contributed by atoms with Crippen molar-refractivity contribution in [2.24, 2.45) is 5.92 Å². The van der Waals surface area contributed by atoms with Crippen LogP contribution in [0.2, 0.25) is 0 Å². The van der Waals surface area contributed by atoms with Gasteiger partial charge in [-0.1, -0.05) is 36.2 Å². The van der Waals surface area contributed by atoms with E-state index in [4.69, 9.17) is 9.47 Å². The minimum absolute atomic E-state index is 0.681. The number of benzene rings is 1. The highest BCUT2D eigenvalue weighted by Crippen LogP contribution is 2.16. The molecule has 3 nitrogen and oxygen atoms in total. The molecular formula is C18H31NO2. The highest BCUT2D eigenvalue weighted by atomic mass is 16.5. The third-order valence-electron chi connectivity index (χ3n) is 3.73. The van der Waals surface area contributed by atoms with Gasteiger partial charge in [0.05, 0.1) is 6.61 Å². The molecule has 0 aliphatic rings. The monoisotopic (exact) mass is 293 g/mol. The molecule has 0 saturated carbocycles. The average molecular weight is 293 g/mol. The lowest BCUT2D eigenvalue weighted by molar-refractivity contribution is 0.188. The van der Waals surface area contributed by atoms with E-state index in [-0.39, 0.29) is 0 Å². The summed E-state index contributed by atoms with van der Waals surface area (Å²) in [6.07, 6.45) is 4.78. The predicted molar refractivity (Wildman–Crippen MR) is 88.8 cm³/mol. The highest BCUT2D eigenvalue weighted by molar-refractivity contribution is 5.22. The van der Waals surface area contributed by atoms with Gasteiger partial charge in [0, 0.05) is 27.4 Å². The van der Waals surface area contributed by atoms with Crippen molar-refractivity contribution >= 4 is 0 Å². The zero-order valence-corrected chi connectivity index (χ0v) is 13.9. The molecule has 1 unspecified atom stereocenters. The van der Waals surface area contributed by atoms with E-state index in [1.54, 1.807) is 14.2 Å². The second kappa shape index (κ2) is 11.7. The van der Waals surface area contributed by atoms with Gasteiger partial charge in [-0.2, -0.15) is 0 Å². The molecule has 0 radical (unpaired) electrons. The van der Waals surface area contributed by atoms with E-state index in [9.17, 15) is 0 Å². The van der Waals surface area contributed by atoms with E-state index >= 15 is 0 Å². The Kier molecular flexibility index (Phi) is 10.1. The van der Waals surface area contributed by atoms with Crippen LogP contribution in [-0.4, -0.2) is 40.5 Å². The molecule has 0 aliphatic heterocycles. The van der Waals surface area contributed by atoms with E-state index in [0.717, 1.165) is 39.1 Å². The van der Waals surface area contributed by atoms with E-state index in [0.29, 0.717) is 5.92 Å². The quantitative estimate of drug-likeness (QED) is 0.600. The molecule has 0 heterocycles. The molecule has 0 bridgehead atoms. The maximum atomic E-state index is 5.14. The van der Waals surface area contributed by atoms with Crippen molar-refractivity contribution in [3.63, 3.8) is 0 Å². The van der Waals surface area contributed by atoms with Crippen molar-refractivity contribution in [2.75, 3.05) is 40.5 Å². The number of hydrogen-bond acceptors (Lipinski definition) is 3. The van der Waals surface area contributed by atoms with Gasteiger partial charge >= 0.3 is 0 Å². The SMILES string of the molecule is COCCCCC(CNCCOC)Cc1cccc(C)c1. The van der Waals surface area contributed by atoms with Crippen LogP contribution < -0.4 is 5.32 Å². The maximum absolute atomic E-state index is 5.14. The van der Waals surface area contributed by atoms with Gasteiger partial charge in [0.15, 0.2) is 0 Å². The Morgan fingerprint density at radius 2 is 1.90 bits per heavy atom. The number of hydrogen-bond donors (Lipinski definition) is 1. The van der Waals surface area contributed by atoms with E-state index in [2.05, 4.69) is 36.5 Å². The molecule has 1 rings (SSSR count). The molecule has 3 heteroatoms. The number of methoxy groups -OCH3 is 2. The molecule has 0 fully saturated rings. The number of rotatable bonds is 12. The first kappa shape index (κ1) is 18.1. The van der Waals surface area contributed by atoms with E-state index < -0.39 is 0 Å². The summed E-state index contributed by atoms with van der Waals surface area (Å²) in [5.74, 6) is 0.681. The van der Waals surface area contributed by atoms with Crippen LogP contribution in [0, 0.1) is 12.8 Å². The summed E-state index contributed by atoms with van der Waals surface area (Å²) < 4.78 is 10.2. The predicted octanol–water partition coefficient (Wildman–Crippen LogP) is 3.21. The Labute approximate surface area is 130 Å². The normalized spacial score (nSPS) is 12.5. The summed E-state index contributed by atoms with van der Waals surface area (Å²) in [5, 5.41) is 3.51. The van der Waals surface area contributed by atoms with Crippen LogP contribution in [0.25, 0.3) is 0 Å². The summed E-state index contributed by atoms with van der Waals surface area (Å²) in [6, 6.07) is 8.86. The molecule has 0 amide bonds. The van der Waals surface area contributed by atoms with Gasteiger partial charge in [0.25, 0.3) is 0 Å². The topological polar surface area (TPSA) is 30.5 Å². The molecule has 0 saturated heterocycles. The smallest absolute Gasteiger partial charge is 0.0587 e. The van der Waals surface area contributed by atoms with Crippen molar-refractivity contribution in [1.82, 2.24) is 5.32 Å². The second-order valence-electron chi connectivity index (χ2n) is 5.74. The van der Waals surface area contributed by atoms with Crippen LogP contribution in [-0.2, 0) is 15.9 Å². The van der Waals surface area contributed by atoms with Crippen molar-refractivity contribution in [3.8, 4) is 0 Å². The number of aryl methyl sites for hydroxylation is 1. The zero-order valence-electron chi connectivity index (χ0n) is 13.9. The number of ether oxygens (including phenoxy) is 2. The Hall–Kier alpha value is -0.900. The van der Waals surface area contributed by atoms with Crippen molar-refractivity contribution < 1.29 is 9.47 Å². The van der Waals surface area contributed by atoms with Gasteiger partial charge in [-0.25, -0.2) is 0 Å². The first-order valence-electron chi connectivity index (χ1n) is 8.00. The van der Waals surface area contributed by atoms with E-state index in [1.807, 2.05) is 0 Å². The molecule has 0 spiro atoms. The van der Waals surface area contributed by atoms with Crippen LogP contribution in [0.4, 0.5) is 0 Å². The maximum Gasteiger partial charge on any atom is 0.0587 e. The third kappa shape index (κ3) is 8.86. The molecule has 120 valence electrons. The molecule has 1 atom stereocenters. The van der Waals surface area contributed by atoms with E-state index in [1.165, 1.54) is 24.0 Å². The summed E-state index contributed by atoms with van der Waals surface area (Å²) in [7, 11) is 3.52. The fraction of sp³-hybridized carbons (Fsp3) is 0.667. The van der Waals surface area contributed by atoms with Gasteiger partial charge in [0.2, 0.25) is 0 Å². The lowest BCUT2D eigenvalue weighted by atomic mass is 9.93. The number of unbranched alkanes of at least 4 members (excludes halogenated alkanes) is 1. The molecule has 0 aromatic heterocycles. The molecule has 21 heavy (non-hydrogen) atoms. The molecule has 1 N–H and O–H groups in total. The first-order valence-corrected chi connectivity index (χ1v) is 8.00. The average Bonchev–Trinajstić information content (AvgIpc) is 2.48. The van der Waals surface area contributed by atoms with Crippen molar-refractivity contribution in [3.05, 3.63) is 35.4 Å². The summed E-state index contributed by atoms with van der Waals surface area (Å²) >= 11 is 0. The molecule has 1 aromatic carbocycles. The fourth-order valence-corrected chi connectivity index (χ4v) is 2.61. The van der Waals surface area contributed by atoms with Crippen LogP contribution >= 0.6 is 0 Å². The fourth-order valence-electron chi connectivity index (χ4n) is 2.61. The standard InChI is InChI=1S/C18H31NO2/c1-16-7-6-9-17(13-16)14-18(8-4-5-11-20-2)15-19-10-12-21-3/h6-7,9,13,18-19H,4-5,8,10-12,14-15H2,1-3H3. The summed E-state index contributed by atoms with van der Waals surface area (Å²) in [4.78, 5) is 0. The Morgan fingerprint density at radius 1 is 1.10 bits per heavy atom. The van der Waals surface area contributed by atoms with Gasteiger partial charge in [-0.05, 0) is 44.2 Å². The van der Waals surface area contributed by atoms with Crippen LogP contribution in [0.5, 0.6) is 0 Å². The van der Waals surface area contributed by atoms with Gasteiger partial charge in [-0.15, -0.1) is 0 Å². The second-order valence-corrected chi connectivity index (χ2v) is 5.74. The van der Waals surface area contributed by atoms with Crippen molar-refractivity contribution in [2.45, 2.75) is 32.6 Å². The van der Waals surface area contributed by atoms with Crippen molar-refractivity contribution in [1.29, 1.82) is 0 Å². The summed E-state index contributed by atoms with van der Waals surface area (Å²) in [6.45, 7) is 5.80. The minimum Gasteiger partial charge on any atom is -0.385 e. The van der Waals surface area contributed by atoms with Gasteiger partial charge in [-0.3, -0.25) is 0 Å². The van der Waals surface area contributed by atoms with Crippen LogP contribution in [0.3, 0.4) is 0 Å². The minimum atomic E-state index is 0.681. The lowest BCUT2D eigenvalue weighted by Crippen LogP contribution is -2.27. The Bertz CT molecular complexity index is 356. The zero-order chi connectivity index (χ0) is 15.3. The number of nitrogens with one attached hydrogen (secondary N) is 1. The highest BCUT2D eigenvalue weighted by Gasteiger charge is 2.09. The molecular weight excluding hydrogens is 262 g/mol. The molecule has 0 aliphatic carbocycles. The largest absolute Gasteiger partial charge is 0.385 e. The summed E-state index contributed by atoms with van der Waals surface area (Å²) in [5.41, 5.74) is 2.79. The van der Waals surface area contributed by atoms with Crippen LogP contribution in [0.15, 0.2) is 24.3 Å². The Morgan fingerprint density at radius 3 is 2.62 bits per heavy atom. The van der Waals surface area contributed by atoms with Crippen LogP contribution in [0.1, 0.15) is 30.4 Å².